The van der Waals surface area contributed by atoms with Crippen molar-refractivity contribution in [2.24, 2.45) is 5.92 Å². The predicted octanol–water partition coefficient (Wildman–Crippen LogP) is 3.46. The molecule has 0 N–H and O–H groups in total. The molecule has 2 aliphatic rings. The van der Waals surface area contributed by atoms with Crippen LogP contribution in [0, 0.1) is 5.92 Å². The Bertz CT molecular complexity index is 315. The molecule has 0 amide bonds. The number of rotatable bonds is 5. The number of esters is 1. The minimum absolute atomic E-state index is 0.118. The van der Waals surface area contributed by atoms with Crippen LogP contribution in [0.25, 0.3) is 0 Å². The minimum atomic E-state index is -0.612. The van der Waals surface area contributed by atoms with E-state index in [1.54, 1.807) is 0 Å². The number of carbonyl (C=O) groups excluding carboxylic acids is 1. The van der Waals surface area contributed by atoms with Crippen molar-refractivity contribution in [1.29, 1.82) is 0 Å². The summed E-state index contributed by atoms with van der Waals surface area (Å²) < 4.78 is 11.4. The van der Waals surface area contributed by atoms with Crippen LogP contribution in [-0.4, -0.2) is 23.8 Å². The summed E-state index contributed by atoms with van der Waals surface area (Å²) in [5.74, 6) is 0.411. The van der Waals surface area contributed by atoms with Crippen molar-refractivity contribution in [2.45, 2.75) is 76.9 Å². The molecule has 0 aromatic carbocycles. The van der Waals surface area contributed by atoms with Crippen molar-refractivity contribution in [1.82, 2.24) is 0 Å². The van der Waals surface area contributed by atoms with Gasteiger partial charge in [-0.05, 0) is 32.1 Å². The first-order chi connectivity index (χ1) is 8.66. The Morgan fingerprint density at radius 3 is 2.72 bits per heavy atom. The van der Waals surface area contributed by atoms with Crippen LogP contribution in [0.1, 0.15) is 65.7 Å². The van der Waals surface area contributed by atoms with Gasteiger partial charge in [-0.15, -0.1) is 0 Å². The van der Waals surface area contributed by atoms with Crippen LogP contribution in [0.15, 0.2) is 0 Å². The lowest BCUT2D eigenvalue weighted by molar-refractivity contribution is -0.150. The van der Waals surface area contributed by atoms with Gasteiger partial charge in [0.15, 0.2) is 5.60 Å². The van der Waals surface area contributed by atoms with Crippen molar-refractivity contribution in [3.8, 4) is 0 Å². The zero-order valence-electron chi connectivity index (χ0n) is 12.0. The first-order valence-electron chi connectivity index (χ1n) is 7.54. The first kappa shape index (κ1) is 13.9. The monoisotopic (exact) mass is 254 g/mol. The smallest absolute Gasteiger partial charge is 0.341 e. The van der Waals surface area contributed by atoms with Crippen LogP contribution >= 0.6 is 0 Å². The van der Waals surface area contributed by atoms with Gasteiger partial charge in [-0.25, -0.2) is 4.79 Å². The summed E-state index contributed by atoms with van der Waals surface area (Å²) in [4.78, 5) is 12.3. The molecule has 3 heteroatoms. The third-order valence-electron chi connectivity index (χ3n) is 4.71. The van der Waals surface area contributed by atoms with E-state index in [1.165, 1.54) is 19.3 Å². The molecule has 0 bridgehead atoms. The second-order valence-corrected chi connectivity index (χ2v) is 5.64. The lowest BCUT2D eigenvalue weighted by Crippen LogP contribution is -2.42. The van der Waals surface area contributed by atoms with E-state index < -0.39 is 5.60 Å². The van der Waals surface area contributed by atoms with E-state index in [2.05, 4.69) is 13.8 Å². The molecule has 2 rings (SSSR count). The van der Waals surface area contributed by atoms with Crippen LogP contribution in [0.3, 0.4) is 0 Å². The molecule has 18 heavy (non-hydrogen) atoms. The van der Waals surface area contributed by atoms with Gasteiger partial charge in [-0.3, -0.25) is 0 Å². The molecule has 0 aromatic rings. The standard InChI is InChI=1S/C15H26O3/c1-4-10-15(13(16)17-6-3)14(18-15)11-8-7-9-12(14)5-2/h12H,4-11H2,1-3H3. The molecule has 1 saturated carbocycles. The summed E-state index contributed by atoms with van der Waals surface area (Å²) in [6, 6.07) is 0. The molecule has 1 aliphatic carbocycles. The fourth-order valence-corrected chi connectivity index (χ4v) is 3.88. The summed E-state index contributed by atoms with van der Waals surface area (Å²) in [5, 5.41) is 0. The predicted molar refractivity (Wildman–Crippen MR) is 70.3 cm³/mol. The zero-order valence-corrected chi connectivity index (χ0v) is 12.0. The van der Waals surface area contributed by atoms with E-state index in [0.29, 0.717) is 12.5 Å². The number of carbonyl (C=O) groups is 1. The SMILES string of the molecule is CCCC1(C(=O)OCC)OC12CCCCC2CC. The second-order valence-electron chi connectivity index (χ2n) is 5.64. The van der Waals surface area contributed by atoms with Gasteiger partial charge in [0.1, 0.15) is 5.60 Å². The average Bonchev–Trinajstić information content (AvgIpc) is 3.00. The molecular weight excluding hydrogens is 228 g/mol. The summed E-state index contributed by atoms with van der Waals surface area (Å²) in [7, 11) is 0. The number of hydrogen-bond acceptors (Lipinski definition) is 3. The van der Waals surface area contributed by atoms with Gasteiger partial charge in [-0.1, -0.05) is 39.5 Å². The minimum Gasteiger partial charge on any atom is -0.464 e. The highest BCUT2D eigenvalue weighted by Crippen LogP contribution is 2.62. The zero-order chi connectivity index (χ0) is 13.2. The van der Waals surface area contributed by atoms with Crippen LogP contribution in [-0.2, 0) is 14.3 Å². The van der Waals surface area contributed by atoms with Crippen LogP contribution in [0.5, 0.6) is 0 Å². The van der Waals surface area contributed by atoms with E-state index in [1.807, 2.05) is 6.92 Å². The molecule has 3 unspecified atom stereocenters. The van der Waals surface area contributed by atoms with Gasteiger partial charge < -0.3 is 9.47 Å². The Labute approximate surface area is 110 Å². The van der Waals surface area contributed by atoms with E-state index in [-0.39, 0.29) is 11.6 Å². The quantitative estimate of drug-likeness (QED) is 0.557. The lowest BCUT2D eigenvalue weighted by Gasteiger charge is -2.31. The molecule has 3 nitrogen and oxygen atoms in total. The largest absolute Gasteiger partial charge is 0.464 e. The Morgan fingerprint density at radius 1 is 1.33 bits per heavy atom. The molecule has 1 heterocycles. The van der Waals surface area contributed by atoms with E-state index in [0.717, 1.165) is 25.7 Å². The van der Waals surface area contributed by atoms with Crippen molar-refractivity contribution < 1.29 is 14.3 Å². The van der Waals surface area contributed by atoms with Crippen molar-refractivity contribution in [3.63, 3.8) is 0 Å². The molecule has 1 spiro atoms. The van der Waals surface area contributed by atoms with Crippen molar-refractivity contribution in [2.75, 3.05) is 6.61 Å². The Balaban J connectivity index is 2.20. The molecule has 3 atom stereocenters. The number of ether oxygens (including phenoxy) is 2. The summed E-state index contributed by atoms with van der Waals surface area (Å²) in [5.41, 5.74) is -0.804. The maximum atomic E-state index is 12.3. The number of epoxide rings is 1. The Hall–Kier alpha value is -0.570. The van der Waals surface area contributed by atoms with Gasteiger partial charge in [0.05, 0.1) is 6.61 Å². The fourth-order valence-electron chi connectivity index (χ4n) is 3.88. The maximum Gasteiger partial charge on any atom is 0.341 e. The second kappa shape index (κ2) is 5.20. The number of hydrogen-bond donors (Lipinski definition) is 0. The first-order valence-corrected chi connectivity index (χ1v) is 7.54. The van der Waals surface area contributed by atoms with Gasteiger partial charge >= 0.3 is 5.97 Å². The van der Waals surface area contributed by atoms with Gasteiger partial charge in [0, 0.05) is 0 Å². The molecule has 2 fully saturated rings. The van der Waals surface area contributed by atoms with Gasteiger partial charge in [-0.2, -0.15) is 0 Å². The summed E-state index contributed by atoms with van der Waals surface area (Å²) >= 11 is 0. The van der Waals surface area contributed by atoms with E-state index >= 15 is 0 Å². The van der Waals surface area contributed by atoms with Crippen molar-refractivity contribution in [3.05, 3.63) is 0 Å². The Kier molecular flexibility index (Phi) is 4.00. The highest BCUT2D eigenvalue weighted by atomic mass is 16.7. The van der Waals surface area contributed by atoms with Gasteiger partial charge in [0.2, 0.25) is 0 Å². The van der Waals surface area contributed by atoms with Crippen LogP contribution < -0.4 is 0 Å². The molecule has 0 radical (unpaired) electrons. The van der Waals surface area contributed by atoms with E-state index in [4.69, 9.17) is 9.47 Å². The van der Waals surface area contributed by atoms with Crippen molar-refractivity contribution >= 4 is 5.97 Å². The molecule has 1 aliphatic heterocycles. The molecular formula is C15H26O3. The molecule has 104 valence electrons. The molecule has 1 saturated heterocycles. The fraction of sp³-hybridized carbons (Fsp3) is 0.933. The normalized spacial score (nSPS) is 38.7. The topological polar surface area (TPSA) is 38.8 Å². The summed E-state index contributed by atoms with van der Waals surface area (Å²) in [6.45, 7) is 6.63. The maximum absolute atomic E-state index is 12.3. The third kappa shape index (κ3) is 1.87. The van der Waals surface area contributed by atoms with Crippen LogP contribution in [0.4, 0.5) is 0 Å². The third-order valence-corrected chi connectivity index (χ3v) is 4.71. The average molecular weight is 254 g/mol. The lowest BCUT2D eigenvalue weighted by atomic mass is 9.70. The van der Waals surface area contributed by atoms with Gasteiger partial charge in [0.25, 0.3) is 0 Å². The van der Waals surface area contributed by atoms with E-state index in [9.17, 15) is 4.79 Å². The molecule has 0 aromatic heterocycles. The summed E-state index contributed by atoms with van der Waals surface area (Å²) in [6.07, 6.45) is 7.56. The van der Waals surface area contributed by atoms with Crippen LogP contribution in [0.2, 0.25) is 0 Å². The highest BCUT2D eigenvalue weighted by Gasteiger charge is 2.76. The Morgan fingerprint density at radius 2 is 2.11 bits per heavy atom. The highest BCUT2D eigenvalue weighted by molar-refractivity contribution is 5.85.